The lowest BCUT2D eigenvalue weighted by molar-refractivity contribution is -0.135. The van der Waals surface area contributed by atoms with E-state index in [1.165, 1.54) is 44.9 Å². The van der Waals surface area contributed by atoms with Crippen LogP contribution in [-0.4, -0.2) is 29.6 Å². The molecule has 3 heteroatoms. The van der Waals surface area contributed by atoms with Crippen molar-refractivity contribution in [2.24, 2.45) is 5.41 Å². The molecule has 1 saturated heterocycles. The first-order valence-electron chi connectivity index (χ1n) is 7.14. The quantitative estimate of drug-likeness (QED) is 0.606. The second kappa shape index (κ2) is 6.12. The van der Waals surface area contributed by atoms with Crippen LogP contribution in [0.5, 0.6) is 0 Å². The average molecular weight is 255 g/mol. The molecule has 1 saturated carbocycles. The minimum Gasteiger partial charge on any atom is -0.342 e. The summed E-state index contributed by atoms with van der Waals surface area (Å²) in [5, 5.41) is 0. The van der Waals surface area contributed by atoms with Crippen LogP contribution in [0.15, 0.2) is 0 Å². The molecule has 0 aromatic rings. The highest BCUT2D eigenvalue weighted by molar-refractivity contribution is 7.80. The van der Waals surface area contributed by atoms with Crippen LogP contribution in [0, 0.1) is 5.41 Å². The molecule has 0 aromatic carbocycles. The molecule has 0 bridgehead atoms. The largest absolute Gasteiger partial charge is 0.342 e. The molecule has 0 atom stereocenters. The summed E-state index contributed by atoms with van der Waals surface area (Å²) in [4.78, 5) is 14.0. The minimum absolute atomic E-state index is 0.312. The summed E-state index contributed by atoms with van der Waals surface area (Å²) in [5.74, 6) is 1.32. The van der Waals surface area contributed by atoms with Crippen LogP contribution < -0.4 is 0 Å². The molecule has 98 valence electrons. The number of hydrogen-bond acceptors (Lipinski definition) is 2. The van der Waals surface area contributed by atoms with Gasteiger partial charge in [0.1, 0.15) is 0 Å². The van der Waals surface area contributed by atoms with Gasteiger partial charge in [-0.1, -0.05) is 25.7 Å². The van der Waals surface area contributed by atoms with E-state index in [9.17, 15) is 4.79 Å². The maximum atomic E-state index is 11.9. The first-order chi connectivity index (χ1) is 8.26. The Morgan fingerprint density at radius 2 is 1.76 bits per heavy atom. The molecule has 1 aliphatic heterocycles. The SMILES string of the molecule is O=C1CCCCN1CC1(CS)CCCCCC1. The van der Waals surface area contributed by atoms with Gasteiger partial charge < -0.3 is 4.90 Å². The second-order valence-electron chi connectivity index (χ2n) is 5.84. The van der Waals surface area contributed by atoms with Crippen molar-refractivity contribution in [3.63, 3.8) is 0 Å². The highest BCUT2D eigenvalue weighted by Crippen LogP contribution is 2.37. The zero-order chi connectivity index (χ0) is 12.1. The topological polar surface area (TPSA) is 20.3 Å². The van der Waals surface area contributed by atoms with Crippen LogP contribution in [0.4, 0.5) is 0 Å². The van der Waals surface area contributed by atoms with Gasteiger partial charge in [-0.15, -0.1) is 0 Å². The first kappa shape index (κ1) is 13.3. The van der Waals surface area contributed by atoms with Gasteiger partial charge in [-0.05, 0) is 36.9 Å². The van der Waals surface area contributed by atoms with E-state index in [-0.39, 0.29) is 0 Å². The third-order valence-electron chi connectivity index (χ3n) is 4.45. The van der Waals surface area contributed by atoms with Crippen molar-refractivity contribution in [3.8, 4) is 0 Å². The summed E-state index contributed by atoms with van der Waals surface area (Å²) in [5.41, 5.74) is 0.312. The highest BCUT2D eigenvalue weighted by Gasteiger charge is 2.33. The van der Waals surface area contributed by atoms with Crippen molar-refractivity contribution < 1.29 is 4.79 Å². The Balaban J connectivity index is 1.99. The minimum atomic E-state index is 0.312. The van der Waals surface area contributed by atoms with Gasteiger partial charge in [0.15, 0.2) is 0 Å². The lowest BCUT2D eigenvalue weighted by Gasteiger charge is -2.38. The van der Waals surface area contributed by atoms with Crippen molar-refractivity contribution >= 4 is 18.5 Å². The molecule has 1 amide bonds. The predicted octanol–water partition coefficient (Wildman–Crippen LogP) is 3.27. The molecule has 0 spiro atoms. The molecule has 0 aromatic heterocycles. The van der Waals surface area contributed by atoms with Gasteiger partial charge in [-0.3, -0.25) is 4.79 Å². The Hall–Kier alpha value is -0.180. The zero-order valence-corrected chi connectivity index (χ0v) is 11.7. The molecule has 2 fully saturated rings. The Morgan fingerprint density at radius 1 is 1.06 bits per heavy atom. The maximum Gasteiger partial charge on any atom is 0.222 e. The van der Waals surface area contributed by atoms with E-state index < -0.39 is 0 Å². The van der Waals surface area contributed by atoms with Crippen molar-refractivity contribution in [1.82, 2.24) is 4.90 Å². The number of likely N-dealkylation sites (tertiary alicyclic amines) is 1. The number of hydrogen-bond donors (Lipinski definition) is 1. The van der Waals surface area contributed by atoms with Gasteiger partial charge in [0.25, 0.3) is 0 Å². The molecule has 0 radical (unpaired) electrons. The molecule has 1 heterocycles. The number of amides is 1. The summed E-state index contributed by atoms with van der Waals surface area (Å²) in [6.45, 7) is 1.95. The van der Waals surface area contributed by atoms with Gasteiger partial charge in [-0.25, -0.2) is 0 Å². The van der Waals surface area contributed by atoms with Crippen LogP contribution >= 0.6 is 12.6 Å². The van der Waals surface area contributed by atoms with E-state index in [0.717, 1.165) is 31.7 Å². The standard InChI is InChI=1S/C14H25NOS/c16-13-7-3-6-10-15(13)11-14(12-17)8-4-1-2-5-9-14/h17H,1-12H2. The lowest BCUT2D eigenvalue weighted by atomic mass is 9.81. The van der Waals surface area contributed by atoms with Crippen LogP contribution in [0.2, 0.25) is 0 Å². The smallest absolute Gasteiger partial charge is 0.222 e. The van der Waals surface area contributed by atoms with Crippen LogP contribution in [-0.2, 0) is 4.79 Å². The van der Waals surface area contributed by atoms with Gasteiger partial charge in [0, 0.05) is 19.5 Å². The summed E-state index contributed by atoms with van der Waals surface area (Å²) < 4.78 is 0. The number of carbonyl (C=O) groups is 1. The van der Waals surface area contributed by atoms with Crippen LogP contribution in [0.1, 0.15) is 57.8 Å². The van der Waals surface area contributed by atoms with E-state index >= 15 is 0 Å². The van der Waals surface area contributed by atoms with E-state index in [1.54, 1.807) is 0 Å². The molecule has 0 unspecified atom stereocenters. The fourth-order valence-corrected chi connectivity index (χ4v) is 3.69. The molecular weight excluding hydrogens is 230 g/mol. The van der Waals surface area contributed by atoms with E-state index in [1.807, 2.05) is 0 Å². The predicted molar refractivity (Wildman–Crippen MR) is 74.4 cm³/mol. The average Bonchev–Trinajstić information content (AvgIpc) is 2.58. The van der Waals surface area contributed by atoms with Crippen LogP contribution in [0.25, 0.3) is 0 Å². The summed E-state index contributed by atoms with van der Waals surface area (Å²) in [7, 11) is 0. The molecule has 2 nitrogen and oxygen atoms in total. The van der Waals surface area contributed by atoms with E-state index in [0.29, 0.717) is 11.3 Å². The van der Waals surface area contributed by atoms with Crippen molar-refractivity contribution in [2.45, 2.75) is 57.8 Å². The molecule has 2 aliphatic rings. The molecular formula is C14H25NOS. The summed E-state index contributed by atoms with van der Waals surface area (Å²) >= 11 is 4.59. The fraction of sp³-hybridized carbons (Fsp3) is 0.929. The lowest BCUT2D eigenvalue weighted by Crippen LogP contribution is -2.44. The van der Waals surface area contributed by atoms with Crippen molar-refractivity contribution in [3.05, 3.63) is 0 Å². The van der Waals surface area contributed by atoms with Crippen molar-refractivity contribution in [2.75, 3.05) is 18.8 Å². The summed E-state index contributed by atoms with van der Waals surface area (Å²) in [6.07, 6.45) is 10.9. The van der Waals surface area contributed by atoms with Gasteiger partial charge in [-0.2, -0.15) is 12.6 Å². The second-order valence-corrected chi connectivity index (χ2v) is 6.16. The third-order valence-corrected chi connectivity index (χ3v) is 5.12. The Bertz CT molecular complexity index is 259. The zero-order valence-electron chi connectivity index (χ0n) is 10.8. The third kappa shape index (κ3) is 3.40. The van der Waals surface area contributed by atoms with E-state index in [4.69, 9.17) is 0 Å². The highest BCUT2D eigenvalue weighted by atomic mass is 32.1. The van der Waals surface area contributed by atoms with Gasteiger partial charge in [0.2, 0.25) is 5.91 Å². The fourth-order valence-electron chi connectivity index (χ4n) is 3.28. The van der Waals surface area contributed by atoms with Gasteiger partial charge in [0.05, 0.1) is 0 Å². The number of carbonyl (C=O) groups excluding carboxylic acids is 1. The Morgan fingerprint density at radius 3 is 2.35 bits per heavy atom. The number of thiol groups is 1. The normalized spacial score (nSPS) is 25.7. The molecule has 17 heavy (non-hydrogen) atoms. The molecule has 2 rings (SSSR count). The number of piperidine rings is 1. The maximum absolute atomic E-state index is 11.9. The summed E-state index contributed by atoms with van der Waals surface area (Å²) in [6, 6.07) is 0. The van der Waals surface area contributed by atoms with Crippen molar-refractivity contribution in [1.29, 1.82) is 0 Å². The number of rotatable bonds is 3. The van der Waals surface area contributed by atoms with Crippen LogP contribution in [0.3, 0.4) is 0 Å². The van der Waals surface area contributed by atoms with E-state index in [2.05, 4.69) is 17.5 Å². The van der Waals surface area contributed by atoms with Gasteiger partial charge >= 0.3 is 0 Å². The Kier molecular flexibility index (Phi) is 4.78. The first-order valence-corrected chi connectivity index (χ1v) is 7.78. The number of nitrogens with zero attached hydrogens (tertiary/aromatic N) is 1. The molecule has 0 N–H and O–H groups in total. The monoisotopic (exact) mass is 255 g/mol. The Labute approximate surface area is 111 Å². The molecule has 1 aliphatic carbocycles.